The molecule has 0 unspecified atom stereocenters. The molecule has 0 atom stereocenters. The maximum Gasteiger partial charge on any atom is 0.279 e. The average Bonchev–Trinajstić information content (AvgIpc) is 2.96. The predicted octanol–water partition coefficient (Wildman–Crippen LogP) is 3.07. The molecule has 0 saturated heterocycles. The van der Waals surface area contributed by atoms with E-state index >= 15 is 0 Å². The van der Waals surface area contributed by atoms with Gasteiger partial charge in [-0.25, -0.2) is 8.42 Å². The Morgan fingerprint density at radius 3 is 2.39 bits per heavy atom. The van der Waals surface area contributed by atoms with E-state index in [2.05, 4.69) is 4.99 Å². The lowest BCUT2D eigenvalue weighted by Crippen LogP contribution is -2.15. The Kier molecular flexibility index (Phi) is 5.18. The van der Waals surface area contributed by atoms with Crippen molar-refractivity contribution >= 4 is 43.0 Å². The van der Waals surface area contributed by atoms with Gasteiger partial charge in [0.15, 0.2) is 14.6 Å². The second-order valence-electron chi connectivity index (χ2n) is 6.39. The summed E-state index contributed by atoms with van der Waals surface area (Å²) in [6.45, 7) is 3.19. The van der Waals surface area contributed by atoms with Crippen molar-refractivity contribution < 1.29 is 18.1 Å². The van der Waals surface area contributed by atoms with Crippen molar-refractivity contribution in [3.05, 3.63) is 62.9 Å². The van der Waals surface area contributed by atoms with Crippen LogP contribution in [0.2, 0.25) is 0 Å². The number of non-ortho nitro benzene ring substituents is 1. The Labute approximate surface area is 164 Å². The molecule has 0 fully saturated rings. The van der Waals surface area contributed by atoms with Gasteiger partial charge in [0.2, 0.25) is 0 Å². The number of nitro groups is 1. The Hall–Kier alpha value is -2.85. The molecule has 0 aliphatic heterocycles. The fourth-order valence-electron chi connectivity index (χ4n) is 2.55. The van der Waals surface area contributed by atoms with Crippen LogP contribution in [0.25, 0.3) is 10.2 Å². The third kappa shape index (κ3) is 3.60. The number of carbonyl (C=O) groups excluding carboxylic acids is 1. The second kappa shape index (κ2) is 7.28. The molecule has 146 valence electrons. The van der Waals surface area contributed by atoms with Crippen LogP contribution in [0.5, 0.6) is 0 Å². The number of amides is 1. The number of nitro benzene ring substituents is 1. The van der Waals surface area contributed by atoms with Gasteiger partial charge in [0.25, 0.3) is 11.6 Å². The molecule has 3 rings (SSSR count). The number of benzene rings is 2. The van der Waals surface area contributed by atoms with Crippen molar-refractivity contribution in [3.8, 4) is 0 Å². The standard InChI is InChI=1S/C18H17N3O5S2/c1-11(2)28(25,26)14-7-4-12(5-8-14)17(22)19-18-20(3)15-9-6-13(21(23)24)10-16(15)27-18/h4-11H,1-3H3. The molecule has 0 radical (unpaired) electrons. The highest BCUT2D eigenvalue weighted by Crippen LogP contribution is 2.22. The number of fused-ring (bicyclic) bond motifs is 1. The van der Waals surface area contributed by atoms with Gasteiger partial charge in [-0.05, 0) is 44.2 Å². The van der Waals surface area contributed by atoms with Gasteiger partial charge in [0, 0.05) is 24.7 Å². The van der Waals surface area contributed by atoms with E-state index in [4.69, 9.17) is 0 Å². The zero-order chi connectivity index (χ0) is 20.6. The number of thiazole rings is 1. The first-order valence-corrected chi connectivity index (χ1v) is 10.6. The summed E-state index contributed by atoms with van der Waals surface area (Å²) in [5.41, 5.74) is 0.945. The molecule has 0 bridgehead atoms. The van der Waals surface area contributed by atoms with Crippen LogP contribution in [0.15, 0.2) is 52.4 Å². The van der Waals surface area contributed by atoms with Crippen LogP contribution >= 0.6 is 11.3 Å². The fourth-order valence-corrected chi connectivity index (χ4v) is 4.66. The summed E-state index contributed by atoms with van der Waals surface area (Å²) < 4.78 is 26.7. The minimum Gasteiger partial charge on any atom is -0.319 e. The molecule has 0 spiro atoms. The Morgan fingerprint density at radius 1 is 1.18 bits per heavy atom. The smallest absolute Gasteiger partial charge is 0.279 e. The van der Waals surface area contributed by atoms with E-state index in [1.807, 2.05) is 0 Å². The highest BCUT2D eigenvalue weighted by molar-refractivity contribution is 7.92. The van der Waals surface area contributed by atoms with Crippen LogP contribution in [0.1, 0.15) is 24.2 Å². The summed E-state index contributed by atoms with van der Waals surface area (Å²) in [5, 5.41) is 10.4. The van der Waals surface area contributed by atoms with Crippen molar-refractivity contribution in [2.24, 2.45) is 12.0 Å². The SMILES string of the molecule is CC(C)S(=O)(=O)c1ccc(C(=O)N=c2sc3cc([N+](=O)[O-])ccc3n2C)cc1. The lowest BCUT2D eigenvalue weighted by molar-refractivity contribution is -0.384. The molecule has 3 aromatic rings. The topological polar surface area (TPSA) is 112 Å². The van der Waals surface area contributed by atoms with Crippen molar-refractivity contribution in [2.75, 3.05) is 0 Å². The maximum atomic E-state index is 12.5. The second-order valence-corrected chi connectivity index (χ2v) is 9.90. The van der Waals surface area contributed by atoms with Crippen molar-refractivity contribution in [1.82, 2.24) is 4.57 Å². The lowest BCUT2D eigenvalue weighted by Gasteiger charge is -2.07. The average molecular weight is 419 g/mol. The first-order valence-electron chi connectivity index (χ1n) is 8.28. The summed E-state index contributed by atoms with van der Waals surface area (Å²) in [6, 6.07) is 10.1. The normalized spacial score (nSPS) is 12.6. The number of sulfone groups is 1. The van der Waals surface area contributed by atoms with Gasteiger partial charge < -0.3 is 4.57 Å². The number of hydrogen-bond acceptors (Lipinski definition) is 6. The highest BCUT2D eigenvalue weighted by Gasteiger charge is 2.19. The number of hydrogen-bond donors (Lipinski definition) is 0. The zero-order valence-corrected chi connectivity index (χ0v) is 17.0. The first kappa shape index (κ1) is 19.9. The monoisotopic (exact) mass is 419 g/mol. The third-order valence-corrected chi connectivity index (χ3v) is 7.52. The Bertz CT molecular complexity index is 1250. The van der Waals surface area contributed by atoms with E-state index in [-0.39, 0.29) is 16.1 Å². The quantitative estimate of drug-likeness (QED) is 0.476. The van der Waals surface area contributed by atoms with Crippen LogP contribution in [-0.2, 0) is 16.9 Å². The largest absolute Gasteiger partial charge is 0.319 e. The Balaban J connectivity index is 1.98. The minimum absolute atomic E-state index is 0.0332. The molecule has 0 saturated carbocycles. The van der Waals surface area contributed by atoms with E-state index in [1.54, 1.807) is 31.5 Å². The van der Waals surface area contributed by atoms with E-state index in [0.29, 0.717) is 9.50 Å². The van der Waals surface area contributed by atoms with Crippen LogP contribution in [0, 0.1) is 10.1 Å². The van der Waals surface area contributed by atoms with E-state index in [0.717, 1.165) is 16.9 Å². The van der Waals surface area contributed by atoms with Crippen LogP contribution < -0.4 is 4.80 Å². The molecule has 1 aromatic heterocycles. The van der Waals surface area contributed by atoms with E-state index < -0.39 is 25.9 Å². The molecular weight excluding hydrogens is 402 g/mol. The van der Waals surface area contributed by atoms with Crippen molar-refractivity contribution in [3.63, 3.8) is 0 Å². The zero-order valence-electron chi connectivity index (χ0n) is 15.3. The number of aryl methyl sites for hydroxylation is 1. The number of rotatable bonds is 4. The van der Waals surface area contributed by atoms with Gasteiger partial charge in [0.05, 0.1) is 25.3 Å². The van der Waals surface area contributed by atoms with E-state index in [9.17, 15) is 23.3 Å². The molecule has 28 heavy (non-hydrogen) atoms. The third-order valence-electron chi connectivity index (χ3n) is 4.25. The number of aromatic nitrogens is 1. The summed E-state index contributed by atoms with van der Waals surface area (Å²) >= 11 is 1.16. The van der Waals surface area contributed by atoms with Crippen LogP contribution in [0.3, 0.4) is 0 Å². The maximum absolute atomic E-state index is 12.5. The summed E-state index contributed by atoms with van der Waals surface area (Å²) in [7, 11) is -1.70. The molecule has 1 amide bonds. The fraction of sp³-hybridized carbons (Fsp3) is 0.222. The molecule has 0 aliphatic carbocycles. The summed E-state index contributed by atoms with van der Waals surface area (Å²) in [5.74, 6) is -0.523. The van der Waals surface area contributed by atoms with Crippen molar-refractivity contribution in [2.45, 2.75) is 24.0 Å². The molecule has 1 heterocycles. The highest BCUT2D eigenvalue weighted by atomic mass is 32.2. The lowest BCUT2D eigenvalue weighted by atomic mass is 10.2. The van der Waals surface area contributed by atoms with Crippen LogP contribution in [0.4, 0.5) is 5.69 Å². The first-order chi connectivity index (χ1) is 13.1. The summed E-state index contributed by atoms with van der Waals surface area (Å²) in [6.07, 6.45) is 0. The van der Waals surface area contributed by atoms with Gasteiger partial charge in [0.1, 0.15) is 0 Å². The molecule has 8 nitrogen and oxygen atoms in total. The van der Waals surface area contributed by atoms with Crippen molar-refractivity contribution in [1.29, 1.82) is 0 Å². The molecular formula is C18H17N3O5S2. The van der Waals surface area contributed by atoms with Crippen LogP contribution in [-0.4, -0.2) is 29.1 Å². The van der Waals surface area contributed by atoms with Gasteiger partial charge in [-0.1, -0.05) is 11.3 Å². The summed E-state index contributed by atoms with van der Waals surface area (Å²) in [4.78, 5) is 27.6. The van der Waals surface area contributed by atoms with Gasteiger partial charge in [-0.2, -0.15) is 4.99 Å². The van der Waals surface area contributed by atoms with Gasteiger partial charge in [-0.3, -0.25) is 14.9 Å². The van der Waals surface area contributed by atoms with E-state index in [1.165, 1.54) is 36.4 Å². The Morgan fingerprint density at radius 2 is 1.82 bits per heavy atom. The minimum atomic E-state index is -3.41. The van der Waals surface area contributed by atoms with Gasteiger partial charge in [-0.15, -0.1) is 0 Å². The predicted molar refractivity (Wildman–Crippen MR) is 106 cm³/mol. The number of nitrogens with zero attached hydrogens (tertiary/aromatic N) is 3. The molecule has 0 aliphatic rings. The number of carbonyl (C=O) groups is 1. The molecule has 2 aromatic carbocycles. The van der Waals surface area contributed by atoms with Gasteiger partial charge >= 0.3 is 0 Å². The molecule has 10 heteroatoms. The molecule has 0 N–H and O–H groups in total.